The molecule has 0 spiro atoms. The van der Waals surface area contributed by atoms with Gasteiger partial charge in [0, 0.05) is 0 Å². The van der Waals surface area contributed by atoms with Crippen LogP contribution in [0.15, 0.2) is 29.2 Å². The lowest BCUT2D eigenvalue weighted by atomic mass is 10.2. The SMILES string of the molecule is COc1cc(C)ccc1OCC(=O)NS(=O)(=O)c1cc(Cl)sc1Cl. The van der Waals surface area contributed by atoms with Gasteiger partial charge in [0.1, 0.15) is 9.23 Å². The molecule has 1 aromatic carbocycles. The van der Waals surface area contributed by atoms with Gasteiger partial charge in [0.2, 0.25) is 0 Å². The van der Waals surface area contributed by atoms with Gasteiger partial charge in [-0.3, -0.25) is 4.79 Å². The third kappa shape index (κ3) is 4.54. The van der Waals surface area contributed by atoms with Crippen LogP contribution < -0.4 is 14.2 Å². The Balaban J connectivity index is 2.05. The highest BCUT2D eigenvalue weighted by Crippen LogP contribution is 2.34. The third-order valence-electron chi connectivity index (χ3n) is 2.84. The Morgan fingerprint density at radius 2 is 1.96 bits per heavy atom. The average molecular weight is 410 g/mol. The fourth-order valence-corrected chi connectivity index (χ4v) is 4.90. The lowest BCUT2D eigenvalue weighted by molar-refractivity contribution is -0.121. The summed E-state index contributed by atoms with van der Waals surface area (Å²) in [4.78, 5) is 11.6. The first-order valence-corrected chi connectivity index (χ1v) is 9.56. The quantitative estimate of drug-likeness (QED) is 0.791. The highest BCUT2D eigenvalue weighted by Gasteiger charge is 2.23. The van der Waals surface area contributed by atoms with E-state index >= 15 is 0 Å². The summed E-state index contributed by atoms with van der Waals surface area (Å²) in [7, 11) is -2.65. The first-order chi connectivity index (χ1) is 11.2. The van der Waals surface area contributed by atoms with Gasteiger partial charge in [-0.2, -0.15) is 0 Å². The lowest BCUT2D eigenvalue weighted by Crippen LogP contribution is -2.34. The van der Waals surface area contributed by atoms with Crippen molar-refractivity contribution in [2.75, 3.05) is 13.7 Å². The van der Waals surface area contributed by atoms with Gasteiger partial charge in [-0.1, -0.05) is 29.3 Å². The predicted octanol–water partition coefficient (Wildman–Crippen LogP) is 3.26. The normalized spacial score (nSPS) is 11.2. The molecule has 1 heterocycles. The number of carbonyl (C=O) groups excluding carboxylic acids is 1. The molecule has 0 aliphatic rings. The van der Waals surface area contributed by atoms with Crippen LogP contribution in [-0.4, -0.2) is 28.0 Å². The Labute approximate surface area is 153 Å². The molecule has 0 bridgehead atoms. The first kappa shape index (κ1) is 18.9. The van der Waals surface area contributed by atoms with Crippen LogP contribution in [0.25, 0.3) is 0 Å². The van der Waals surface area contributed by atoms with Crippen molar-refractivity contribution in [3.8, 4) is 11.5 Å². The van der Waals surface area contributed by atoms with E-state index in [1.807, 2.05) is 11.6 Å². The number of sulfonamides is 1. The number of hydrogen-bond acceptors (Lipinski definition) is 6. The smallest absolute Gasteiger partial charge is 0.271 e. The number of thiophene rings is 1. The maximum Gasteiger partial charge on any atom is 0.271 e. The van der Waals surface area contributed by atoms with E-state index in [4.69, 9.17) is 32.7 Å². The van der Waals surface area contributed by atoms with Crippen LogP contribution in [0.3, 0.4) is 0 Å². The summed E-state index contributed by atoms with van der Waals surface area (Å²) < 4.78 is 36.7. The van der Waals surface area contributed by atoms with Gasteiger partial charge in [0.05, 0.1) is 11.4 Å². The number of carbonyl (C=O) groups is 1. The second-order valence-electron chi connectivity index (χ2n) is 4.66. The van der Waals surface area contributed by atoms with Crippen molar-refractivity contribution >= 4 is 50.5 Å². The molecule has 10 heteroatoms. The van der Waals surface area contributed by atoms with Crippen LogP contribution >= 0.6 is 34.5 Å². The van der Waals surface area contributed by atoms with Crippen molar-refractivity contribution in [1.29, 1.82) is 0 Å². The van der Waals surface area contributed by atoms with Gasteiger partial charge in [-0.15, -0.1) is 11.3 Å². The maximum absolute atomic E-state index is 12.1. The predicted molar refractivity (Wildman–Crippen MR) is 92.9 cm³/mol. The van der Waals surface area contributed by atoms with E-state index in [1.165, 1.54) is 13.2 Å². The number of ether oxygens (including phenoxy) is 2. The van der Waals surface area contributed by atoms with Gasteiger partial charge in [0.15, 0.2) is 18.1 Å². The summed E-state index contributed by atoms with van der Waals surface area (Å²) in [5.41, 5.74) is 0.954. The van der Waals surface area contributed by atoms with E-state index in [0.717, 1.165) is 16.9 Å². The molecule has 0 radical (unpaired) electrons. The molecule has 130 valence electrons. The highest BCUT2D eigenvalue weighted by molar-refractivity contribution is 7.90. The Morgan fingerprint density at radius 3 is 2.54 bits per heavy atom. The molecule has 0 aliphatic carbocycles. The Bertz CT molecular complexity index is 864. The van der Waals surface area contributed by atoms with Crippen LogP contribution in [0, 0.1) is 6.92 Å². The summed E-state index contributed by atoms with van der Waals surface area (Å²) >= 11 is 12.4. The number of amides is 1. The topological polar surface area (TPSA) is 81.7 Å². The molecular weight excluding hydrogens is 397 g/mol. The second kappa shape index (κ2) is 7.60. The summed E-state index contributed by atoms with van der Waals surface area (Å²) in [5, 5.41) is 0. The Morgan fingerprint density at radius 1 is 1.25 bits per heavy atom. The number of aryl methyl sites for hydroxylation is 1. The number of hydrogen-bond donors (Lipinski definition) is 1. The summed E-state index contributed by atoms with van der Waals surface area (Å²) in [6.07, 6.45) is 0. The molecule has 24 heavy (non-hydrogen) atoms. The number of halogens is 2. The lowest BCUT2D eigenvalue weighted by Gasteiger charge is -2.11. The van der Waals surface area contributed by atoms with Gasteiger partial charge < -0.3 is 9.47 Å². The van der Waals surface area contributed by atoms with Crippen LogP contribution in [0.2, 0.25) is 8.67 Å². The molecule has 0 aliphatic heterocycles. The monoisotopic (exact) mass is 409 g/mol. The van der Waals surface area contributed by atoms with Gasteiger partial charge in [0.25, 0.3) is 15.9 Å². The van der Waals surface area contributed by atoms with Crippen LogP contribution in [-0.2, 0) is 14.8 Å². The zero-order valence-corrected chi connectivity index (χ0v) is 15.8. The van der Waals surface area contributed by atoms with Gasteiger partial charge in [-0.25, -0.2) is 13.1 Å². The molecule has 1 N–H and O–H groups in total. The zero-order chi connectivity index (χ0) is 17.9. The molecule has 1 amide bonds. The molecule has 2 rings (SSSR count). The number of nitrogens with one attached hydrogen (secondary N) is 1. The van der Waals surface area contributed by atoms with Crippen LogP contribution in [0.4, 0.5) is 0 Å². The Kier molecular flexibility index (Phi) is 5.97. The van der Waals surface area contributed by atoms with Crippen molar-refractivity contribution in [2.24, 2.45) is 0 Å². The molecule has 6 nitrogen and oxygen atoms in total. The number of methoxy groups -OCH3 is 1. The standard InChI is InChI=1S/C14H13Cl2NO5S2/c1-8-3-4-9(10(5-8)21-2)22-7-13(18)17-24(19,20)11-6-12(15)23-14(11)16/h3-6H,7H2,1-2H3,(H,17,18). The van der Waals surface area contributed by atoms with Crippen molar-refractivity contribution < 1.29 is 22.7 Å². The van der Waals surface area contributed by atoms with Gasteiger partial charge >= 0.3 is 0 Å². The van der Waals surface area contributed by atoms with E-state index in [0.29, 0.717) is 11.5 Å². The average Bonchev–Trinajstić information content (AvgIpc) is 2.85. The van der Waals surface area contributed by atoms with Crippen molar-refractivity contribution in [1.82, 2.24) is 4.72 Å². The molecular formula is C14H13Cl2NO5S2. The van der Waals surface area contributed by atoms with Gasteiger partial charge in [-0.05, 0) is 30.7 Å². The molecule has 0 unspecified atom stereocenters. The third-order valence-corrected chi connectivity index (χ3v) is 5.97. The maximum atomic E-state index is 12.1. The minimum absolute atomic E-state index is 0.0265. The Hall–Kier alpha value is -1.48. The molecule has 0 atom stereocenters. The summed E-state index contributed by atoms with van der Waals surface area (Å²) in [6, 6.07) is 6.32. The summed E-state index contributed by atoms with van der Waals surface area (Å²) in [5.74, 6) is -0.0819. The second-order valence-corrected chi connectivity index (χ2v) is 8.60. The number of benzene rings is 1. The van der Waals surface area contributed by atoms with E-state index in [-0.39, 0.29) is 13.6 Å². The largest absolute Gasteiger partial charge is 0.493 e. The summed E-state index contributed by atoms with van der Waals surface area (Å²) in [6.45, 7) is 1.37. The fraction of sp³-hybridized carbons (Fsp3) is 0.214. The molecule has 0 fully saturated rings. The first-order valence-electron chi connectivity index (χ1n) is 6.51. The zero-order valence-electron chi connectivity index (χ0n) is 12.6. The molecule has 0 saturated carbocycles. The minimum atomic E-state index is -4.11. The van der Waals surface area contributed by atoms with E-state index < -0.39 is 22.5 Å². The molecule has 1 aromatic heterocycles. The van der Waals surface area contributed by atoms with E-state index in [1.54, 1.807) is 18.2 Å². The van der Waals surface area contributed by atoms with Crippen molar-refractivity contribution in [3.63, 3.8) is 0 Å². The van der Waals surface area contributed by atoms with E-state index in [9.17, 15) is 13.2 Å². The van der Waals surface area contributed by atoms with Crippen LogP contribution in [0.1, 0.15) is 5.56 Å². The highest BCUT2D eigenvalue weighted by atomic mass is 35.5. The minimum Gasteiger partial charge on any atom is -0.493 e. The van der Waals surface area contributed by atoms with Crippen LogP contribution in [0.5, 0.6) is 11.5 Å². The van der Waals surface area contributed by atoms with E-state index in [2.05, 4.69) is 0 Å². The number of rotatable bonds is 6. The van der Waals surface area contributed by atoms with Crippen molar-refractivity contribution in [2.45, 2.75) is 11.8 Å². The molecule has 2 aromatic rings. The van der Waals surface area contributed by atoms with Crippen molar-refractivity contribution in [3.05, 3.63) is 38.5 Å². The fourth-order valence-electron chi connectivity index (χ4n) is 1.78. The molecule has 0 saturated heterocycles.